The van der Waals surface area contributed by atoms with Gasteiger partial charge in [0.15, 0.2) is 17.3 Å². The van der Waals surface area contributed by atoms with Gasteiger partial charge in [0.2, 0.25) is 0 Å². The highest BCUT2D eigenvalue weighted by atomic mass is 16.1. The first-order valence-corrected chi connectivity index (χ1v) is 3.31. The predicted molar refractivity (Wildman–Crippen MR) is 46.3 cm³/mol. The zero-order chi connectivity index (χ0) is 9.72. The molecule has 5 heteroatoms. The number of hydrogen-bond donors (Lipinski definition) is 1. The number of rotatable bonds is 3. The SMILES string of the molecule is CN=C(C(C)=O)C(=NN)C(C)=O. The van der Waals surface area contributed by atoms with E-state index >= 15 is 0 Å². The van der Waals surface area contributed by atoms with E-state index < -0.39 is 0 Å². The Morgan fingerprint density at radius 2 is 1.50 bits per heavy atom. The molecule has 5 nitrogen and oxygen atoms in total. The predicted octanol–water partition coefficient (Wildman–Crippen LogP) is -0.450. The lowest BCUT2D eigenvalue weighted by Gasteiger charge is -1.99. The molecule has 0 saturated carbocycles. The number of hydrogen-bond acceptors (Lipinski definition) is 5. The molecule has 0 aromatic carbocycles. The number of hydrazone groups is 1. The third kappa shape index (κ3) is 2.26. The Labute approximate surface area is 70.4 Å². The van der Waals surface area contributed by atoms with Gasteiger partial charge in [0.05, 0.1) is 0 Å². The van der Waals surface area contributed by atoms with Gasteiger partial charge in [-0.25, -0.2) is 0 Å². The van der Waals surface area contributed by atoms with Crippen LogP contribution in [-0.2, 0) is 9.59 Å². The lowest BCUT2D eigenvalue weighted by atomic mass is 10.1. The molecule has 0 aliphatic rings. The third-order valence-electron chi connectivity index (χ3n) is 1.24. The van der Waals surface area contributed by atoms with E-state index in [0.717, 1.165) is 0 Å². The lowest BCUT2D eigenvalue weighted by molar-refractivity contribution is -0.112. The van der Waals surface area contributed by atoms with E-state index in [1.54, 1.807) is 0 Å². The maximum Gasteiger partial charge on any atom is 0.182 e. The molecule has 0 atom stereocenters. The zero-order valence-electron chi connectivity index (χ0n) is 7.29. The van der Waals surface area contributed by atoms with Crippen molar-refractivity contribution in [2.24, 2.45) is 15.9 Å². The van der Waals surface area contributed by atoms with Gasteiger partial charge >= 0.3 is 0 Å². The number of Topliss-reactive ketones (excluding diaryl/α,β-unsaturated/α-hetero) is 2. The number of carbonyl (C=O) groups excluding carboxylic acids is 2. The van der Waals surface area contributed by atoms with Crippen LogP contribution in [-0.4, -0.2) is 30.0 Å². The van der Waals surface area contributed by atoms with Gasteiger partial charge in [-0.3, -0.25) is 14.6 Å². The second kappa shape index (κ2) is 4.38. The number of nitrogens with two attached hydrogens (primary N) is 1. The van der Waals surface area contributed by atoms with Crippen LogP contribution in [0, 0.1) is 0 Å². The maximum absolute atomic E-state index is 10.9. The second-order valence-electron chi connectivity index (χ2n) is 2.16. The lowest BCUT2D eigenvalue weighted by Crippen LogP contribution is -2.29. The van der Waals surface area contributed by atoms with Crippen molar-refractivity contribution in [3.8, 4) is 0 Å². The number of nitrogens with zero attached hydrogens (tertiary/aromatic N) is 2. The number of ketones is 2. The Bertz CT molecular complexity index is 238. The molecular formula is C7H11N3O2. The molecule has 0 spiro atoms. The first-order valence-electron chi connectivity index (χ1n) is 3.31. The van der Waals surface area contributed by atoms with Crippen LogP contribution >= 0.6 is 0 Å². The summed E-state index contributed by atoms with van der Waals surface area (Å²) in [7, 11) is 1.41. The summed E-state index contributed by atoms with van der Waals surface area (Å²) in [5, 5.41) is 3.20. The van der Waals surface area contributed by atoms with Crippen LogP contribution in [0.25, 0.3) is 0 Å². The summed E-state index contributed by atoms with van der Waals surface area (Å²) in [5.74, 6) is 4.23. The first-order chi connectivity index (χ1) is 5.54. The molecule has 66 valence electrons. The van der Waals surface area contributed by atoms with Gasteiger partial charge in [0.1, 0.15) is 5.71 Å². The molecule has 0 aromatic heterocycles. The fraction of sp³-hybridized carbons (Fsp3) is 0.429. The highest BCUT2D eigenvalue weighted by molar-refractivity contribution is 6.80. The fourth-order valence-corrected chi connectivity index (χ4v) is 0.749. The molecule has 0 aromatic rings. The van der Waals surface area contributed by atoms with E-state index in [0.29, 0.717) is 0 Å². The average molecular weight is 169 g/mol. The van der Waals surface area contributed by atoms with Crippen molar-refractivity contribution in [3.05, 3.63) is 0 Å². The quantitative estimate of drug-likeness (QED) is 0.352. The molecule has 0 radical (unpaired) electrons. The van der Waals surface area contributed by atoms with Crippen LogP contribution in [0.4, 0.5) is 0 Å². The molecule has 0 saturated heterocycles. The maximum atomic E-state index is 10.9. The van der Waals surface area contributed by atoms with E-state index in [2.05, 4.69) is 10.1 Å². The molecule has 0 aliphatic carbocycles. The van der Waals surface area contributed by atoms with E-state index in [4.69, 9.17) is 5.84 Å². The summed E-state index contributed by atoms with van der Waals surface area (Å²) < 4.78 is 0. The minimum atomic E-state index is -0.367. The summed E-state index contributed by atoms with van der Waals surface area (Å²) in [6, 6.07) is 0. The second-order valence-corrected chi connectivity index (χ2v) is 2.16. The molecule has 0 heterocycles. The van der Waals surface area contributed by atoms with Crippen LogP contribution in [0.3, 0.4) is 0 Å². The van der Waals surface area contributed by atoms with Gasteiger partial charge in [-0.15, -0.1) is 0 Å². The van der Waals surface area contributed by atoms with Gasteiger partial charge in [-0.05, 0) is 0 Å². The minimum Gasteiger partial charge on any atom is -0.323 e. The molecule has 0 bridgehead atoms. The molecule has 0 fully saturated rings. The fourth-order valence-electron chi connectivity index (χ4n) is 0.749. The minimum absolute atomic E-state index is 0.0185. The van der Waals surface area contributed by atoms with E-state index in [1.807, 2.05) is 0 Å². The molecule has 0 unspecified atom stereocenters. The molecular weight excluding hydrogens is 158 g/mol. The van der Waals surface area contributed by atoms with Gasteiger partial charge in [-0.1, -0.05) is 0 Å². The largest absolute Gasteiger partial charge is 0.323 e. The molecule has 0 rings (SSSR count). The first kappa shape index (κ1) is 10.5. The Morgan fingerprint density at radius 3 is 1.58 bits per heavy atom. The molecule has 0 aliphatic heterocycles. The highest BCUT2D eigenvalue weighted by Gasteiger charge is 2.17. The Kier molecular flexibility index (Phi) is 3.82. The van der Waals surface area contributed by atoms with Crippen LogP contribution in [0.5, 0.6) is 0 Å². The van der Waals surface area contributed by atoms with Gasteiger partial charge in [0.25, 0.3) is 0 Å². The topological polar surface area (TPSA) is 84.9 Å². The molecule has 0 amide bonds. The van der Waals surface area contributed by atoms with Crippen molar-refractivity contribution in [3.63, 3.8) is 0 Å². The van der Waals surface area contributed by atoms with Gasteiger partial charge < -0.3 is 5.84 Å². The highest BCUT2D eigenvalue weighted by Crippen LogP contribution is 1.88. The van der Waals surface area contributed by atoms with E-state index in [9.17, 15) is 9.59 Å². The standard InChI is InChI=1S/C7H11N3O2/c1-4(11)6(9-3)7(10-8)5(2)12/h8H2,1-3H3. The van der Waals surface area contributed by atoms with Crippen molar-refractivity contribution in [2.75, 3.05) is 7.05 Å². The van der Waals surface area contributed by atoms with Crippen molar-refractivity contribution in [1.82, 2.24) is 0 Å². The van der Waals surface area contributed by atoms with Crippen molar-refractivity contribution < 1.29 is 9.59 Å². The van der Waals surface area contributed by atoms with Gasteiger partial charge in [-0.2, -0.15) is 5.10 Å². The van der Waals surface area contributed by atoms with Crippen molar-refractivity contribution in [1.29, 1.82) is 0 Å². The summed E-state index contributed by atoms with van der Waals surface area (Å²) in [4.78, 5) is 25.3. The summed E-state index contributed by atoms with van der Waals surface area (Å²) in [5.41, 5.74) is -0.0602. The van der Waals surface area contributed by atoms with Gasteiger partial charge in [0, 0.05) is 20.9 Å². The van der Waals surface area contributed by atoms with Crippen LogP contribution in [0.15, 0.2) is 10.1 Å². The van der Waals surface area contributed by atoms with Crippen LogP contribution in [0.1, 0.15) is 13.8 Å². The Morgan fingerprint density at radius 1 is 1.08 bits per heavy atom. The Hall–Kier alpha value is -1.52. The normalized spacial score (nSPS) is 12.9. The van der Waals surface area contributed by atoms with Crippen LogP contribution in [0.2, 0.25) is 0 Å². The number of carbonyl (C=O) groups is 2. The zero-order valence-corrected chi connectivity index (χ0v) is 7.29. The summed E-state index contributed by atoms with van der Waals surface area (Å²) in [6.45, 7) is 2.58. The van der Waals surface area contributed by atoms with Crippen LogP contribution < -0.4 is 5.84 Å². The van der Waals surface area contributed by atoms with Crippen molar-refractivity contribution >= 4 is 23.0 Å². The van der Waals surface area contributed by atoms with Crippen molar-refractivity contribution in [2.45, 2.75) is 13.8 Å². The smallest absolute Gasteiger partial charge is 0.182 e. The van der Waals surface area contributed by atoms with E-state index in [1.165, 1.54) is 20.9 Å². The summed E-state index contributed by atoms with van der Waals surface area (Å²) >= 11 is 0. The summed E-state index contributed by atoms with van der Waals surface area (Å²) in [6.07, 6.45) is 0. The molecule has 2 N–H and O–H groups in total. The Balaban J connectivity index is 4.99. The third-order valence-corrected chi connectivity index (χ3v) is 1.24. The number of aliphatic imine (C=N–C) groups is 1. The monoisotopic (exact) mass is 169 g/mol. The van der Waals surface area contributed by atoms with E-state index in [-0.39, 0.29) is 23.0 Å². The molecule has 12 heavy (non-hydrogen) atoms. The average Bonchev–Trinajstić information content (AvgIpc) is 1.98.